The van der Waals surface area contributed by atoms with Crippen molar-refractivity contribution in [2.24, 2.45) is 0 Å². The molecule has 1 nitrogen and oxygen atoms in total. The first kappa shape index (κ1) is 11.2. The lowest BCUT2D eigenvalue weighted by molar-refractivity contribution is 0.436. The number of rotatable bonds is 6. The lowest BCUT2D eigenvalue weighted by atomic mass is 10.1. The Morgan fingerprint density at radius 1 is 1.27 bits per heavy atom. The molecule has 0 rings (SSSR count). The van der Waals surface area contributed by atoms with E-state index in [2.05, 4.69) is 26.1 Å². The maximum absolute atomic E-state index is 5.59. The summed E-state index contributed by atoms with van der Waals surface area (Å²) in [6.45, 7) is 6.64. The van der Waals surface area contributed by atoms with Crippen LogP contribution in [0.15, 0.2) is 0 Å². The molecule has 2 atom stereocenters. The van der Waals surface area contributed by atoms with Crippen LogP contribution in [0, 0.1) is 0 Å². The molecule has 0 heterocycles. The fourth-order valence-corrected chi connectivity index (χ4v) is 1.22. The first-order valence-electron chi connectivity index (χ1n) is 4.52. The molecule has 0 amide bonds. The number of alkyl halides is 1. The van der Waals surface area contributed by atoms with E-state index in [1.165, 1.54) is 12.8 Å². The average Bonchev–Trinajstić information content (AvgIpc) is 2.00. The lowest BCUT2D eigenvalue weighted by Gasteiger charge is -2.17. The van der Waals surface area contributed by atoms with Crippen LogP contribution in [-0.2, 0) is 0 Å². The minimum absolute atomic E-state index is 0.615. The van der Waals surface area contributed by atoms with E-state index in [4.69, 9.17) is 11.6 Å². The molecular formula is C9H20ClN. The Labute approximate surface area is 75.5 Å². The summed E-state index contributed by atoms with van der Waals surface area (Å²) in [4.78, 5) is 0. The SMILES string of the molecule is CCC(C)NC(C)CCCCl. The molecule has 0 saturated heterocycles. The normalized spacial score (nSPS) is 16.4. The van der Waals surface area contributed by atoms with E-state index >= 15 is 0 Å². The van der Waals surface area contributed by atoms with Gasteiger partial charge in [0.25, 0.3) is 0 Å². The van der Waals surface area contributed by atoms with Crippen molar-refractivity contribution in [2.75, 3.05) is 5.88 Å². The molecule has 0 aliphatic carbocycles. The molecule has 2 heteroatoms. The second kappa shape index (κ2) is 6.93. The van der Waals surface area contributed by atoms with Gasteiger partial charge in [-0.2, -0.15) is 0 Å². The van der Waals surface area contributed by atoms with Crippen molar-refractivity contribution in [1.82, 2.24) is 5.32 Å². The van der Waals surface area contributed by atoms with Crippen LogP contribution in [0.2, 0.25) is 0 Å². The first-order valence-corrected chi connectivity index (χ1v) is 5.06. The molecule has 11 heavy (non-hydrogen) atoms. The molecule has 0 spiro atoms. The number of halogens is 1. The molecular weight excluding hydrogens is 158 g/mol. The van der Waals surface area contributed by atoms with Crippen LogP contribution in [0.25, 0.3) is 0 Å². The van der Waals surface area contributed by atoms with Crippen LogP contribution in [-0.4, -0.2) is 18.0 Å². The standard InChI is InChI=1S/C9H20ClN/c1-4-8(2)11-9(3)6-5-7-10/h8-9,11H,4-7H2,1-3H3. The highest BCUT2D eigenvalue weighted by Crippen LogP contribution is 2.00. The van der Waals surface area contributed by atoms with Crippen molar-refractivity contribution in [1.29, 1.82) is 0 Å². The third-order valence-corrected chi connectivity index (χ3v) is 2.22. The van der Waals surface area contributed by atoms with E-state index in [1.807, 2.05) is 0 Å². The molecule has 0 aliphatic heterocycles. The fraction of sp³-hybridized carbons (Fsp3) is 1.00. The molecule has 68 valence electrons. The van der Waals surface area contributed by atoms with Gasteiger partial charge in [0.15, 0.2) is 0 Å². The molecule has 2 unspecified atom stereocenters. The summed E-state index contributed by atoms with van der Waals surface area (Å²) in [5.41, 5.74) is 0. The summed E-state index contributed by atoms with van der Waals surface area (Å²) >= 11 is 5.59. The Morgan fingerprint density at radius 3 is 2.36 bits per heavy atom. The summed E-state index contributed by atoms with van der Waals surface area (Å²) in [6, 6.07) is 1.25. The molecule has 0 radical (unpaired) electrons. The Morgan fingerprint density at radius 2 is 1.91 bits per heavy atom. The van der Waals surface area contributed by atoms with Crippen molar-refractivity contribution in [3.63, 3.8) is 0 Å². The van der Waals surface area contributed by atoms with Crippen molar-refractivity contribution in [3.05, 3.63) is 0 Å². The lowest BCUT2D eigenvalue weighted by Crippen LogP contribution is -2.33. The van der Waals surface area contributed by atoms with Gasteiger partial charge < -0.3 is 5.32 Å². The topological polar surface area (TPSA) is 12.0 Å². The van der Waals surface area contributed by atoms with Gasteiger partial charge >= 0.3 is 0 Å². The van der Waals surface area contributed by atoms with Gasteiger partial charge in [0.1, 0.15) is 0 Å². The zero-order valence-electron chi connectivity index (χ0n) is 7.86. The second-order valence-electron chi connectivity index (χ2n) is 3.21. The molecule has 0 aromatic rings. The van der Waals surface area contributed by atoms with Gasteiger partial charge in [-0.05, 0) is 33.1 Å². The quantitative estimate of drug-likeness (QED) is 0.616. The van der Waals surface area contributed by atoms with Crippen molar-refractivity contribution in [3.8, 4) is 0 Å². The zero-order valence-corrected chi connectivity index (χ0v) is 8.62. The van der Waals surface area contributed by atoms with Crippen molar-refractivity contribution >= 4 is 11.6 Å². The highest BCUT2D eigenvalue weighted by Gasteiger charge is 2.03. The van der Waals surface area contributed by atoms with E-state index in [0.717, 1.165) is 12.3 Å². The van der Waals surface area contributed by atoms with Crippen molar-refractivity contribution < 1.29 is 0 Å². The van der Waals surface area contributed by atoms with Crippen LogP contribution in [0.1, 0.15) is 40.0 Å². The summed E-state index contributed by atoms with van der Waals surface area (Å²) in [7, 11) is 0. The van der Waals surface area contributed by atoms with Gasteiger partial charge in [-0.25, -0.2) is 0 Å². The highest BCUT2D eigenvalue weighted by molar-refractivity contribution is 6.17. The van der Waals surface area contributed by atoms with Gasteiger partial charge in [0, 0.05) is 18.0 Å². The van der Waals surface area contributed by atoms with Gasteiger partial charge in [0.2, 0.25) is 0 Å². The van der Waals surface area contributed by atoms with Crippen LogP contribution < -0.4 is 5.32 Å². The minimum atomic E-state index is 0.615. The fourth-order valence-electron chi connectivity index (χ4n) is 1.07. The van der Waals surface area contributed by atoms with Crippen LogP contribution in [0.4, 0.5) is 0 Å². The highest BCUT2D eigenvalue weighted by atomic mass is 35.5. The number of hydrogen-bond donors (Lipinski definition) is 1. The monoisotopic (exact) mass is 177 g/mol. The predicted molar refractivity (Wildman–Crippen MR) is 52.3 cm³/mol. The van der Waals surface area contributed by atoms with E-state index in [1.54, 1.807) is 0 Å². The average molecular weight is 178 g/mol. The Balaban J connectivity index is 3.27. The zero-order chi connectivity index (χ0) is 8.69. The van der Waals surface area contributed by atoms with E-state index in [9.17, 15) is 0 Å². The smallest absolute Gasteiger partial charge is 0.0224 e. The van der Waals surface area contributed by atoms with Gasteiger partial charge in [-0.1, -0.05) is 6.92 Å². The van der Waals surface area contributed by atoms with Gasteiger partial charge in [-0.3, -0.25) is 0 Å². The molecule has 0 aromatic heterocycles. The van der Waals surface area contributed by atoms with Crippen LogP contribution >= 0.6 is 11.6 Å². The summed E-state index contributed by atoms with van der Waals surface area (Å²) in [5.74, 6) is 0.784. The Bertz CT molecular complexity index is 85.6. The largest absolute Gasteiger partial charge is 0.312 e. The third kappa shape index (κ3) is 6.64. The third-order valence-electron chi connectivity index (χ3n) is 1.95. The summed E-state index contributed by atoms with van der Waals surface area (Å²) in [6.07, 6.45) is 3.51. The minimum Gasteiger partial charge on any atom is -0.312 e. The van der Waals surface area contributed by atoms with E-state index < -0.39 is 0 Å². The van der Waals surface area contributed by atoms with Crippen LogP contribution in [0.5, 0.6) is 0 Å². The van der Waals surface area contributed by atoms with E-state index in [0.29, 0.717) is 12.1 Å². The Hall–Kier alpha value is 0.250. The number of nitrogens with one attached hydrogen (secondary N) is 1. The Kier molecular flexibility index (Phi) is 7.09. The molecule has 0 saturated carbocycles. The first-order chi connectivity index (χ1) is 5.20. The molecule has 1 N–H and O–H groups in total. The summed E-state index contributed by atoms with van der Waals surface area (Å²) < 4.78 is 0. The number of hydrogen-bond acceptors (Lipinski definition) is 1. The van der Waals surface area contributed by atoms with Gasteiger partial charge in [-0.15, -0.1) is 11.6 Å². The molecule has 0 aliphatic rings. The molecule has 0 fully saturated rings. The summed E-state index contributed by atoms with van der Waals surface area (Å²) in [5, 5.41) is 3.51. The predicted octanol–water partition coefficient (Wildman–Crippen LogP) is 2.78. The maximum Gasteiger partial charge on any atom is 0.0224 e. The van der Waals surface area contributed by atoms with Crippen molar-refractivity contribution in [2.45, 2.75) is 52.1 Å². The van der Waals surface area contributed by atoms with Crippen LogP contribution in [0.3, 0.4) is 0 Å². The maximum atomic E-state index is 5.59. The molecule has 0 aromatic carbocycles. The molecule has 0 bridgehead atoms. The van der Waals surface area contributed by atoms with E-state index in [-0.39, 0.29) is 0 Å². The van der Waals surface area contributed by atoms with Gasteiger partial charge in [0.05, 0.1) is 0 Å². The second-order valence-corrected chi connectivity index (χ2v) is 3.59.